The van der Waals surface area contributed by atoms with Crippen LogP contribution in [0.3, 0.4) is 0 Å². The second-order valence-corrected chi connectivity index (χ2v) is 5.13. The highest BCUT2D eigenvalue weighted by Crippen LogP contribution is 2.23. The molecule has 0 saturated carbocycles. The Morgan fingerprint density at radius 1 is 1.21 bits per heavy atom. The van der Waals surface area contributed by atoms with Crippen molar-refractivity contribution in [3.63, 3.8) is 0 Å². The zero-order chi connectivity index (χ0) is 14.3. The Balaban J connectivity index is 2.83. The summed E-state index contributed by atoms with van der Waals surface area (Å²) in [7, 11) is 1.69. The lowest BCUT2D eigenvalue weighted by Crippen LogP contribution is -2.36. The van der Waals surface area contributed by atoms with Crippen LogP contribution in [0, 0.1) is 5.92 Å². The van der Waals surface area contributed by atoms with Gasteiger partial charge in [0.25, 0.3) is 0 Å². The Labute approximate surface area is 117 Å². The lowest BCUT2D eigenvalue weighted by Gasteiger charge is -2.32. The highest BCUT2D eigenvalue weighted by Gasteiger charge is 2.19. The highest BCUT2D eigenvalue weighted by molar-refractivity contribution is 5.29. The fourth-order valence-corrected chi connectivity index (χ4v) is 2.33. The lowest BCUT2D eigenvalue weighted by molar-refractivity contribution is 0.182. The van der Waals surface area contributed by atoms with Gasteiger partial charge in [-0.05, 0) is 30.2 Å². The van der Waals surface area contributed by atoms with E-state index in [1.807, 2.05) is 12.1 Å². The van der Waals surface area contributed by atoms with Gasteiger partial charge in [-0.3, -0.25) is 4.90 Å². The van der Waals surface area contributed by atoms with E-state index in [-0.39, 0.29) is 0 Å². The summed E-state index contributed by atoms with van der Waals surface area (Å²) in [6.45, 7) is 9.51. The van der Waals surface area contributed by atoms with Crippen LogP contribution in [0.25, 0.3) is 0 Å². The lowest BCUT2D eigenvalue weighted by atomic mass is 10.0. The minimum Gasteiger partial charge on any atom is -0.497 e. The fraction of sp³-hybridized carbons (Fsp3) is 0.625. The monoisotopic (exact) mass is 264 g/mol. The first-order valence-electron chi connectivity index (χ1n) is 7.24. The molecule has 0 heterocycles. The summed E-state index contributed by atoms with van der Waals surface area (Å²) in [6.07, 6.45) is 1.20. The van der Waals surface area contributed by atoms with Crippen LogP contribution in [-0.2, 0) is 0 Å². The van der Waals surface area contributed by atoms with E-state index in [9.17, 15) is 0 Å². The molecule has 0 aromatic heterocycles. The van der Waals surface area contributed by atoms with E-state index in [4.69, 9.17) is 10.5 Å². The minimum atomic E-state index is 0.296. The first kappa shape index (κ1) is 16.0. The molecule has 1 rings (SSSR count). The van der Waals surface area contributed by atoms with Crippen molar-refractivity contribution in [2.24, 2.45) is 11.7 Å². The topological polar surface area (TPSA) is 38.5 Å². The van der Waals surface area contributed by atoms with Crippen LogP contribution >= 0.6 is 0 Å². The van der Waals surface area contributed by atoms with Crippen molar-refractivity contribution in [2.45, 2.75) is 33.2 Å². The molecule has 0 aliphatic heterocycles. The van der Waals surface area contributed by atoms with Crippen molar-refractivity contribution in [2.75, 3.05) is 26.7 Å². The molecule has 0 spiro atoms. The number of nitrogens with zero attached hydrogens (tertiary/aromatic N) is 1. The smallest absolute Gasteiger partial charge is 0.118 e. The summed E-state index contributed by atoms with van der Waals surface area (Å²) >= 11 is 0. The number of hydrogen-bond donors (Lipinski definition) is 1. The Bertz CT molecular complexity index is 350. The molecule has 0 amide bonds. The summed E-state index contributed by atoms with van der Waals surface area (Å²) in [5, 5.41) is 0. The van der Waals surface area contributed by atoms with E-state index in [0.29, 0.717) is 18.5 Å². The molecule has 108 valence electrons. The van der Waals surface area contributed by atoms with E-state index in [0.717, 1.165) is 18.8 Å². The van der Waals surface area contributed by atoms with Crippen LogP contribution in [0.2, 0.25) is 0 Å². The molecule has 0 aliphatic carbocycles. The average Bonchev–Trinajstić information content (AvgIpc) is 2.47. The minimum absolute atomic E-state index is 0.296. The number of benzene rings is 1. The standard InChI is InChI=1S/C16H28N2O/c1-5-13(3)12-18(6-2)16(11-17)14-7-9-15(19-4)10-8-14/h7-10,13,16H,5-6,11-12,17H2,1-4H3. The van der Waals surface area contributed by atoms with Crippen LogP contribution in [0.5, 0.6) is 5.75 Å². The van der Waals surface area contributed by atoms with Gasteiger partial charge in [0.1, 0.15) is 5.75 Å². The van der Waals surface area contributed by atoms with E-state index >= 15 is 0 Å². The first-order valence-corrected chi connectivity index (χ1v) is 7.24. The van der Waals surface area contributed by atoms with Crippen LogP contribution in [-0.4, -0.2) is 31.6 Å². The quantitative estimate of drug-likeness (QED) is 0.784. The van der Waals surface area contributed by atoms with Crippen molar-refractivity contribution in [3.8, 4) is 5.75 Å². The first-order chi connectivity index (χ1) is 9.15. The van der Waals surface area contributed by atoms with Gasteiger partial charge in [-0.2, -0.15) is 0 Å². The van der Waals surface area contributed by atoms with Gasteiger partial charge in [0.2, 0.25) is 0 Å². The third-order valence-corrected chi connectivity index (χ3v) is 3.81. The third kappa shape index (κ3) is 4.51. The molecule has 0 radical (unpaired) electrons. The van der Waals surface area contributed by atoms with Gasteiger partial charge in [-0.1, -0.05) is 39.3 Å². The maximum Gasteiger partial charge on any atom is 0.118 e. The van der Waals surface area contributed by atoms with Crippen LogP contribution in [0.1, 0.15) is 38.8 Å². The van der Waals surface area contributed by atoms with Gasteiger partial charge in [0.15, 0.2) is 0 Å². The van der Waals surface area contributed by atoms with Gasteiger partial charge in [-0.15, -0.1) is 0 Å². The Morgan fingerprint density at radius 2 is 1.84 bits per heavy atom. The zero-order valence-electron chi connectivity index (χ0n) is 12.7. The van der Waals surface area contributed by atoms with Crippen molar-refractivity contribution < 1.29 is 4.74 Å². The molecular formula is C16H28N2O. The molecule has 1 aromatic carbocycles. The van der Waals surface area contributed by atoms with Gasteiger partial charge < -0.3 is 10.5 Å². The van der Waals surface area contributed by atoms with Crippen LogP contribution in [0.4, 0.5) is 0 Å². The fourth-order valence-electron chi connectivity index (χ4n) is 2.33. The molecule has 1 aromatic rings. The van der Waals surface area contributed by atoms with E-state index < -0.39 is 0 Å². The molecule has 0 fully saturated rings. The summed E-state index contributed by atoms with van der Waals surface area (Å²) in [4.78, 5) is 2.47. The number of ether oxygens (including phenoxy) is 1. The summed E-state index contributed by atoms with van der Waals surface area (Å²) in [5.74, 6) is 1.59. The van der Waals surface area contributed by atoms with E-state index in [2.05, 4.69) is 37.8 Å². The zero-order valence-corrected chi connectivity index (χ0v) is 12.7. The molecule has 2 unspecified atom stereocenters. The van der Waals surface area contributed by atoms with Crippen LogP contribution in [0.15, 0.2) is 24.3 Å². The predicted molar refractivity (Wildman–Crippen MR) is 81.5 cm³/mol. The molecule has 3 nitrogen and oxygen atoms in total. The maximum absolute atomic E-state index is 6.00. The molecule has 0 aliphatic rings. The summed E-state index contributed by atoms with van der Waals surface area (Å²) in [6, 6.07) is 8.56. The SMILES string of the molecule is CCC(C)CN(CC)C(CN)c1ccc(OC)cc1. The highest BCUT2D eigenvalue weighted by atomic mass is 16.5. The number of likely N-dealkylation sites (N-methyl/N-ethyl adjacent to an activating group) is 1. The predicted octanol–water partition coefficient (Wildman–Crippen LogP) is 3.06. The second kappa shape index (κ2) is 8.18. The molecule has 19 heavy (non-hydrogen) atoms. The van der Waals surface area contributed by atoms with Gasteiger partial charge in [0, 0.05) is 19.1 Å². The van der Waals surface area contributed by atoms with Crippen molar-refractivity contribution in [1.29, 1.82) is 0 Å². The summed E-state index contributed by atoms with van der Waals surface area (Å²) < 4.78 is 5.21. The van der Waals surface area contributed by atoms with Gasteiger partial charge >= 0.3 is 0 Å². The van der Waals surface area contributed by atoms with Crippen LogP contribution < -0.4 is 10.5 Å². The Hall–Kier alpha value is -1.06. The molecular weight excluding hydrogens is 236 g/mol. The van der Waals surface area contributed by atoms with Crippen molar-refractivity contribution >= 4 is 0 Å². The molecule has 2 N–H and O–H groups in total. The summed E-state index contributed by atoms with van der Waals surface area (Å²) in [5.41, 5.74) is 7.27. The molecule has 2 atom stereocenters. The Morgan fingerprint density at radius 3 is 2.26 bits per heavy atom. The molecule has 3 heteroatoms. The molecule has 0 bridgehead atoms. The Kier molecular flexibility index (Phi) is 6.89. The maximum atomic E-state index is 6.00. The van der Waals surface area contributed by atoms with Gasteiger partial charge in [-0.25, -0.2) is 0 Å². The van der Waals surface area contributed by atoms with Crippen molar-refractivity contribution in [1.82, 2.24) is 4.90 Å². The van der Waals surface area contributed by atoms with E-state index in [1.54, 1.807) is 7.11 Å². The third-order valence-electron chi connectivity index (χ3n) is 3.81. The number of methoxy groups -OCH3 is 1. The van der Waals surface area contributed by atoms with Crippen molar-refractivity contribution in [3.05, 3.63) is 29.8 Å². The number of rotatable bonds is 8. The normalized spacial score (nSPS) is 14.4. The number of nitrogens with two attached hydrogens (primary N) is 1. The van der Waals surface area contributed by atoms with Gasteiger partial charge in [0.05, 0.1) is 7.11 Å². The average molecular weight is 264 g/mol. The number of hydrogen-bond acceptors (Lipinski definition) is 3. The largest absolute Gasteiger partial charge is 0.497 e. The molecule has 0 saturated heterocycles. The second-order valence-electron chi connectivity index (χ2n) is 5.13. The van der Waals surface area contributed by atoms with E-state index in [1.165, 1.54) is 12.0 Å².